The summed E-state index contributed by atoms with van der Waals surface area (Å²) in [6.07, 6.45) is -2.33. The number of alkyl halides is 3. The predicted octanol–water partition coefficient (Wildman–Crippen LogP) is 6.26. The topological polar surface area (TPSA) is 76.5 Å². The molecular weight excluding hydrogens is 485 g/mol. The van der Waals surface area contributed by atoms with Gasteiger partial charge in [0.05, 0.1) is 28.7 Å². The molecule has 0 aliphatic carbocycles. The molecule has 37 heavy (non-hydrogen) atoms. The van der Waals surface area contributed by atoms with Crippen LogP contribution in [0.4, 0.5) is 23.7 Å². The van der Waals surface area contributed by atoms with Crippen molar-refractivity contribution in [3.8, 4) is 5.69 Å². The van der Waals surface area contributed by atoms with Gasteiger partial charge < -0.3 is 15.0 Å². The first-order valence-corrected chi connectivity index (χ1v) is 12.0. The minimum atomic E-state index is -4.52. The molecule has 2 amide bonds. The Kier molecular flexibility index (Phi) is 7.29. The smallest absolute Gasteiger partial charge is 0.416 e. The first-order valence-electron chi connectivity index (χ1n) is 12.0. The standard InChI is InChI=1S/C27H29F3N4O3/c1-26(2,3)37-25(36)33-14-12-18(13-15-33)23-22(17-31-34(23)21-10-5-4-6-11-21)24(35)32-20-9-7-8-19(16-20)27(28,29)30/h4-11,16-18H,12-15H2,1-3H3,(H,32,35). The third kappa shape index (κ3) is 6.31. The minimum Gasteiger partial charge on any atom is -0.444 e. The second kappa shape index (κ2) is 10.3. The molecule has 2 aromatic carbocycles. The highest BCUT2D eigenvalue weighted by Crippen LogP contribution is 2.34. The number of anilines is 1. The number of aromatic nitrogens is 2. The molecular formula is C27H29F3N4O3. The van der Waals surface area contributed by atoms with Crippen molar-refractivity contribution in [2.24, 2.45) is 0 Å². The molecule has 2 heterocycles. The van der Waals surface area contributed by atoms with Crippen molar-refractivity contribution in [3.05, 3.63) is 77.6 Å². The van der Waals surface area contributed by atoms with Gasteiger partial charge in [0.15, 0.2) is 0 Å². The van der Waals surface area contributed by atoms with Crippen LogP contribution >= 0.6 is 0 Å². The molecule has 0 saturated carbocycles. The Morgan fingerprint density at radius 1 is 1.00 bits per heavy atom. The predicted molar refractivity (Wildman–Crippen MR) is 133 cm³/mol. The molecule has 0 radical (unpaired) electrons. The van der Waals surface area contributed by atoms with Crippen LogP contribution in [0.3, 0.4) is 0 Å². The number of hydrogen-bond donors (Lipinski definition) is 1. The number of ether oxygens (including phenoxy) is 1. The minimum absolute atomic E-state index is 0.0398. The van der Waals surface area contributed by atoms with E-state index in [0.29, 0.717) is 31.6 Å². The number of piperidine rings is 1. The van der Waals surface area contributed by atoms with Gasteiger partial charge in [0.25, 0.3) is 5.91 Å². The summed E-state index contributed by atoms with van der Waals surface area (Å²) in [5, 5.41) is 7.05. The number of carbonyl (C=O) groups is 2. The van der Waals surface area contributed by atoms with Gasteiger partial charge in [-0.25, -0.2) is 9.48 Å². The molecule has 10 heteroatoms. The number of carbonyl (C=O) groups excluding carboxylic acids is 2. The second-order valence-electron chi connectivity index (χ2n) is 9.97. The molecule has 7 nitrogen and oxygen atoms in total. The normalized spacial score (nSPS) is 14.9. The zero-order chi connectivity index (χ0) is 26.8. The van der Waals surface area contributed by atoms with Gasteiger partial charge in [-0.05, 0) is 63.9 Å². The monoisotopic (exact) mass is 514 g/mol. The number of nitrogens with one attached hydrogen (secondary N) is 1. The van der Waals surface area contributed by atoms with Gasteiger partial charge in [0.2, 0.25) is 0 Å². The maximum Gasteiger partial charge on any atom is 0.416 e. The van der Waals surface area contributed by atoms with E-state index in [1.165, 1.54) is 18.3 Å². The van der Waals surface area contributed by atoms with E-state index in [1.807, 2.05) is 51.1 Å². The van der Waals surface area contributed by atoms with E-state index in [0.717, 1.165) is 17.8 Å². The molecule has 0 atom stereocenters. The van der Waals surface area contributed by atoms with Gasteiger partial charge >= 0.3 is 12.3 Å². The van der Waals surface area contributed by atoms with Crippen LogP contribution < -0.4 is 5.32 Å². The van der Waals surface area contributed by atoms with E-state index in [9.17, 15) is 22.8 Å². The van der Waals surface area contributed by atoms with Crippen molar-refractivity contribution in [2.45, 2.75) is 51.3 Å². The lowest BCUT2D eigenvalue weighted by Gasteiger charge is -2.34. The maximum atomic E-state index is 13.3. The summed E-state index contributed by atoms with van der Waals surface area (Å²) in [5.74, 6) is -0.658. The molecule has 196 valence electrons. The van der Waals surface area contributed by atoms with Crippen LogP contribution in [-0.2, 0) is 10.9 Å². The molecule has 0 unspecified atom stereocenters. The van der Waals surface area contributed by atoms with Crippen molar-refractivity contribution in [1.82, 2.24) is 14.7 Å². The number of para-hydroxylation sites is 1. The molecule has 4 rings (SSSR count). The average Bonchev–Trinajstić information content (AvgIpc) is 3.29. The Morgan fingerprint density at radius 2 is 1.68 bits per heavy atom. The van der Waals surface area contributed by atoms with E-state index in [4.69, 9.17) is 4.74 Å². The quantitative estimate of drug-likeness (QED) is 0.446. The zero-order valence-electron chi connectivity index (χ0n) is 20.9. The van der Waals surface area contributed by atoms with Crippen LogP contribution in [0.2, 0.25) is 0 Å². The number of benzene rings is 2. The van der Waals surface area contributed by atoms with Crippen LogP contribution in [-0.4, -0.2) is 45.4 Å². The van der Waals surface area contributed by atoms with E-state index in [-0.39, 0.29) is 23.3 Å². The third-order valence-electron chi connectivity index (χ3n) is 6.03. The van der Waals surface area contributed by atoms with Crippen LogP contribution in [0.5, 0.6) is 0 Å². The highest BCUT2D eigenvalue weighted by molar-refractivity contribution is 6.05. The van der Waals surface area contributed by atoms with Crippen LogP contribution in [0.15, 0.2) is 60.8 Å². The highest BCUT2D eigenvalue weighted by Gasteiger charge is 2.33. The van der Waals surface area contributed by atoms with Crippen molar-refractivity contribution in [1.29, 1.82) is 0 Å². The summed E-state index contributed by atoms with van der Waals surface area (Å²) in [6, 6.07) is 13.8. The fourth-order valence-corrected chi connectivity index (χ4v) is 4.33. The number of halogens is 3. The summed E-state index contributed by atoms with van der Waals surface area (Å²) in [4.78, 5) is 27.4. The first kappa shape index (κ1) is 26.2. The fourth-order valence-electron chi connectivity index (χ4n) is 4.33. The van der Waals surface area contributed by atoms with E-state index in [2.05, 4.69) is 10.4 Å². The third-order valence-corrected chi connectivity index (χ3v) is 6.03. The molecule has 3 aromatic rings. The van der Waals surface area contributed by atoms with Gasteiger partial charge in [-0.1, -0.05) is 24.3 Å². The highest BCUT2D eigenvalue weighted by atomic mass is 19.4. The van der Waals surface area contributed by atoms with Crippen LogP contribution in [0.1, 0.15) is 61.1 Å². The van der Waals surface area contributed by atoms with E-state index < -0.39 is 23.2 Å². The van der Waals surface area contributed by atoms with Gasteiger partial charge in [-0.15, -0.1) is 0 Å². The average molecular weight is 515 g/mol. The SMILES string of the molecule is CC(C)(C)OC(=O)N1CCC(c2c(C(=O)Nc3cccc(C(F)(F)F)c3)cnn2-c2ccccc2)CC1. The molecule has 1 aromatic heterocycles. The van der Waals surface area contributed by atoms with Gasteiger partial charge in [0.1, 0.15) is 5.60 Å². The molecule has 0 bridgehead atoms. The summed E-state index contributed by atoms with van der Waals surface area (Å²) < 4.78 is 46.6. The van der Waals surface area contributed by atoms with Gasteiger partial charge in [-0.2, -0.15) is 18.3 Å². The van der Waals surface area contributed by atoms with Gasteiger partial charge in [0, 0.05) is 24.7 Å². The van der Waals surface area contributed by atoms with Crippen molar-refractivity contribution < 1.29 is 27.5 Å². The molecule has 0 spiro atoms. The fraction of sp³-hybridized carbons (Fsp3) is 0.370. The van der Waals surface area contributed by atoms with Gasteiger partial charge in [-0.3, -0.25) is 4.79 Å². The molecule has 1 saturated heterocycles. The number of nitrogens with zero attached hydrogens (tertiary/aromatic N) is 3. The van der Waals surface area contributed by atoms with Crippen LogP contribution in [0.25, 0.3) is 5.69 Å². The Hall–Kier alpha value is -3.82. The number of rotatable bonds is 4. The lowest BCUT2D eigenvalue weighted by Crippen LogP contribution is -2.41. The Balaban J connectivity index is 1.60. The second-order valence-corrected chi connectivity index (χ2v) is 9.97. The summed E-state index contributed by atoms with van der Waals surface area (Å²) >= 11 is 0. The van der Waals surface area contributed by atoms with Crippen molar-refractivity contribution >= 4 is 17.7 Å². The molecule has 1 N–H and O–H groups in total. The summed E-state index contributed by atoms with van der Waals surface area (Å²) in [7, 11) is 0. The lowest BCUT2D eigenvalue weighted by molar-refractivity contribution is -0.137. The zero-order valence-corrected chi connectivity index (χ0v) is 20.9. The Labute approximate surface area is 213 Å². The van der Waals surface area contributed by atoms with Crippen LogP contribution in [0, 0.1) is 0 Å². The molecule has 1 aliphatic heterocycles. The molecule has 1 aliphatic rings. The Bertz CT molecular complexity index is 1260. The summed E-state index contributed by atoms with van der Waals surface area (Å²) in [5.41, 5.74) is 0.272. The largest absolute Gasteiger partial charge is 0.444 e. The van der Waals surface area contributed by atoms with E-state index >= 15 is 0 Å². The van der Waals surface area contributed by atoms with E-state index in [1.54, 1.807) is 9.58 Å². The Morgan fingerprint density at radius 3 is 2.30 bits per heavy atom. The van der Waals surface area contributed by atoms with Crippen molar-refractivity contribution in [3.63, 3.8) is 0 Å². The lowest BCUT2D eigenvalue weighted by atomic mass is 9.90. The maximum absolute atomic E-state index is 13.3. The summed E-state index contributed by atoms with van der Waals surface area (Å²) in [6.45, 7) is 6.31. The first-order chi connectivity index (χ1) is 17.4. The number of hydrogen-bond acceptors (Lipinski definition) is 4. The number of likely N-dealkylation sites (tertiary alicyclic amines) is 1. The molecule has 1 fully saturated rings. The number of amides is 2. The van der Waals surface area contributed by atoms with Crippen molar-refractivity contribution in [2.75, 3.05) is 18.4 Å².